The van der Waals surface area contributed by atoms with Crippen LogP contribution in [0.3, 0.4) is 0 Å². The summed E-state index contributed by atoms with van der Waals surface area (Å²) < 4.78 is 5.50. The molecule has 56 heavy (non-hydrogen) atoms. The number of benzene rings is 2. The number of aromatic nitrogens is 3. The van der Waals surface area contributed by atoms with Gasteiger partial charge < -0.3 is 30.9 Å². The molecule has 0 bridgehead atoms. The van der Waals surface area contributed by atoms with Gasteiger partial charge in [-0.3, -0.25) is 19.6 Å². The van der Waals surface area contributed by atoms with E-state index in [-0.39, 0.29) is 31.5 Å². The first-order valence-corrected chi connectivity index (χ1v) is 20.2. The molecule has 0 radical (unpaired) electrons. The van der Waals surface area contributed by atoms with E-state index < -0.39 is 36.0 Å². The Kier molecular flexibility index (Phi) is 15.9. The van der Waals surface area contributed by atoms with Gasteiger partial charge >= 0.3 is 12.1 Å². The third-order valence-electron chi connectivity index (χ3n) is 8.77. The summed E-state index contributed by atoms with van der Waals surface area (Å²) in [5.74, 6) is -0.720. The Hall–Kier alpha value is -5.67. The maximum atomic E-state index is 14.2. The van der Waals surface area contributed by atoms with E-state index in [1.54, 1.807) is 37.1 Å². The lowest BCUT2D eigenvalue weighted by Crippen LogP contribution is -2.53. The first-order chi connectivity index (χ1) is 27.1. The zero-order chi connectivity index (χ0) is 39.7. The number of alkyl carbamates (subject to hydrolysis) is 1. The maximum Gasteiger partial charge on any atom is 0.407 e. The highest BCUT2D eigenvalue weighted by molar-refractivity contribution is 7.09. The van der Waals surface area contributed by atoms with E-state index in [1.165, 1.54) is 33.8 Å². The Labute approximate surface area is 335 Å². The van der Waals surface area contributed by atoms with Gasteiger partial charge in [-0.1, -0.05) is 74.5 Å². The minimum atomic E-state index is -1.21. The van der Waals surface area contributed by atoms with Crippen LogP contribution in [-0.2, 0) is 40.3 Å². The van der Waals surface area contributed by atoms with Gasteiger partial charge in [-0.05, 0) is 48.9 Å². The minimum absolute atomic E-state index is 0.112. The summed E-state index contributed by atoms with van der Waals surface area (Å²) in [6, 6.07) is 20.5. The van der Waals surface area contributed by atoms with E-state index in [9.17, 15) is 19.2 Å². The smallest absolute Gasteiger partial charge is 0.407 e. The lowest BCUT2D eigenvalue weighted by atomic mass is 9.95. The number of rotatable bonds is 19. The van der Waals surface area contributed by atoms with Crippen molar-refractivity contribution in [1.82, 2.24) is 35.8 Å². The van der Waals surface area contributed by atoms with Gasteiger partial charge in [0, 0.05) is 42.8 Å². The third-order valence-corrected chi connectivity index (χ3v) is 10.7. The van der Waals surface area contributed by atoms with Crippen LogP contribution in [-0.4, -0.2) is 69.0 Å². The Morgan fingerprint density at radius 2 is 1.48 bits per heavy atom. The second kappa shape index (κ2) is 21.4. The largest absolute Gasteiger partial charge is 0.444 e. The molecule has 13 nitrogen and oxygen atoms in total. The van der Waals surface area contributed by atoms with Crippen LogP contribution in [0, 0.1) is 0 Å². The van der Waals surface area contributed by atoms with Crippen molar-refractivity contribution in [2.45, 2.75) is 83.1 Å². The van der Waals surface area contributed by atoms with E-state index in [1.807, 2.05) is 66.0 Å². The van der Waals surface area contributed by atoms with Crippen LogP contribution >= 0.6 is 22.7 Å². The predicted molar refractivity (Wildman–Crippen MR) is 218 cm³/mol. The molecule has 15 heteroatoms. The molecule has 3 aromatic heterocycles. The van der Waals surface area contributed by atoms with Gasteiger partial charge in [0.1, 0.15) is 12.6 Å². The zero-order valence-corrected chi connectivity index (χ0v) is 33.4. The molecule has 0 saturated heterocycles. The predicted octanol–water partition coefficient (Wildman–Crippen LogP) is 6.70. The molecule has 3 heterocycles. The molecule has 3 atom stereocenters. The highest BCUT2D eigenvalue weighted by atomic mass is 32.1. The Morgan fingerprint density at radius 1 is 0.804 bits per heavy atom. The van der Waals surface area contributed by atoms with Gasteiger partial charge in [-0.25, -0.2) is 14.6 Å². The van der Waals surface area contributed by atoms with Crippen molar-refractivity contribution < 1.29 is 23.9 Å². The summed E-state index contributed by atoms with van der Waals surface area (Å²) in [7, 11) is 1.62. The summed E-state index contributed by atoms with van der Waals surface area (Å²) in [6.07, 6.45) is 5.87. The summed E-state index contributed by atoms with van der Waals surface area (Å²) in [4.78, 5) is 69.0. The van der Waals surface area contributed by atoms with Crippen LogP contribution in [0.2, 0.25) is 0 Å². The van der Waals surface area contributed by atoms with E-state index in [4.69, 9.17) is 4.74 Å². The van der Waals surface area contributed by atoms with Crippen LogP contribution < -0.4 is 21.3 Å². The molecule has 0 saturated carbocycles. The van der Waals surface area contributed by atoms with Crippen molar-refractivity contribution in [3.05, 3.63) is 129 Å². The van der Waals surface area contributed by atoms with Gasteiger partial charge in [0.2, 0.25) is 11.8 Å². The number of pyridine rings is 1. The molecule has 0 aliphatic heterocycles. The van der Waals surface area contributed by atoms with Crippen LogP contribution in [0.25, 0.3) is 0 Å². The van der Waals surface area contributed by atoms with Crippen LogP contribution in [0.1, 0.15) is 65.7 Å². The lowest BCUT2D eigenvalue weighted by molar-refractivity contribution is -0.127. The molecule has 2 aromatic carbocycles. The monoisotopic (exact) mass is 796 g/mol. The van der Waals surface area contributed by atoms with Crippen molar-refractivity contribution in [3.63, 3.8) is 0 Å². The summed E-state index contributed by atoms with van der Waals surface area (Å²) in [5, 5.41) is 14.6. The number of anilines is 1. The average molecular weight is 797 g/mol. The van der Waals surface area contributed by atoms with Gasteiger partial charge in [-0.15, -0.1) is 22.7 Å². The summed E-state index contributed by atoms with van der Waals surface area (Å²) in [5.41, 5.74) is 4.92. The number of hydrogen-bond donors (Lipinski definition) is 4. The summed E-state index contributed by atoms with van der Waals surface area (Å²) >= 11 is 2.94. The molecule has 5 aromatic rings. The quantitative estimate of drug-likeness (QED) is 0.0716. The minimum Gasteiger partial charge on any atom is -0.444 e. The highest BCUT2D eigenvalue weighted by Crippen LogP contribution is 2.20. The Morgan fingerprint density at radius 3 is 2.07 bits per heavy atom. The van der Waals surface area contributed by atoms with Crippen LogP contribution in [0.5, 0.6) is 0 Å². The zero-order valence-electron chi connectivity index (χ0n) is 31.7. The number of thiazole rings is 2. The molecule has 3 unspecified atom stereocenters. The number of hydrogen-bond acceptors (Lipinski definition) is 10. The Bertz CT molecular complexity index is 1960. The molecule has 294 valence electrons. The average Bonchev–Trinajstić information content (AvgIpc) is 3.90. The normalized spacial score (nSPS) is 12.6. The first kappa shape index (κ1) is 41.5. The first-order valence-electron chi connectivity index (χ1n) is 18.5. The second-order valence-electron chi connectivity index (χ2n) is 13.7. The molecule has 5 amide bonds. The number of amides is 5. The fourth-order valence-corrected chi connectivity index (χ4v) is 7.22. The van der Waals surface area contributed by atoms with Crippen molar-refractivity contribution in [1.29, 1.82) is 0 Å². The topological polar surface area (TPSA) is 168 Å². The number of urea groups is 1. The van der Waals surface area contributed by atoms with E-state index >= 15 is 0 Å². The molecule has 0 aliphatic rings. The maximum absolute atomic E-state index is 14.2. The fraction of sp³-hybridized carbons (Fsp3) is 0.341. The molecular formula is C41H48N8O5S2. The SMILES string of the molecule is CC(C)c1nc(CN(C)C(=O)NC(CC(=O)Nc2cccnc2)C(=O)NC(CCC(Cc2ccccc2)NC(=O)OCc2cncs2)Cc2ccccc2)cs1. The lowest BCUT2D eigenvalue weighted by Gasteiger charge is -2.27. The molecule has 0 fully saturated rings. The molecular weight excluding hydrogens is 749 g/mol. The van der Waals surface area contributed by atoms with E-state index in [0.717, 1.165) is 26.7 Å². The molecule has 0 spiro atoms. The van der Waals surface area contributed by atoms with E-state index in [0.29, 0.717) is 31.4 Å². The van der Waals surface area contributed by atoms with Crippen LogP contribution in [0.4, 0.5) is 15.3 Å². The van der Waals surface area contributed by atoms with Gasteiger partial charge in [0.05, 0.1) is 45.9 Å². The third kappa shape index (κ3) is 13.9. The van der Waals surface area contributed by atoms with Crippen LogP contribution in [0.15, 0.2) is 102 Å². The number of ether oxygens (including phenoxy) is 1. The van der Waals surface area contributed by atoms with Crippen molar-refractivity contribution in [2.24, 2.45) is 0 Å². The number of carbonyl (C=O) groups is 4. The molecule has 5 rings (SSSR count). The van der Waals surface area contributed by atoms with Gasteiger partial charge in [0.25, 0.3) is 0 Å². The van der Waals surface area contributed by atoms with Crippen molar-refractivity contribution >= 4 is 52.3 Å². The molecule has 0 aliphatic carbocycles. The van der Waals surface area contributed by atoms with Gasteiger partial charge in [-0.2, -0.15) is 0 Å². The highest BCUT2D eigenvalue weighted by Gasteiger charge is 2.28. The number of nitrogens with one attached hydrogen (secondary N) is 4. The standard InChI is InChI=1S/C41H48N8O5S2/c1-28(2)39-46-34(26-55-39)24-49(3)40(52)48-36(21-37(50)44-33-15-10-18-42-22-33)38(51)45-31(19-29-11-6-4-7-12-29)16-17-32(20-30-13-8-5-9-14-30)47-41(53)54-25-35-23-43-27-56-35/h4-15,18,22-23,26-28,31-32,36H,16-17,19-21,24-25H2,1-3H3,(H,44,50)(H,45,51)(H,47,53)(H,48,52). The fourth-order valence-electron chi connectivity index (χ4n) is 5.89. The number of nitrogens with zero attached hydrogens (tertiary/aromatic N) is 4. The van der Waals surface area contributed by atoms with E-state index in [2.05, 4.69) is 50.1 Å². The molecule has 4 N–H and O–H groups in total. The Balaban J connectivity index is 1.31. The van der Waals surface area contributed by atoms with Gasteiger partial charge in [0.15, 0.2) is 0 Å². The second-order valence-corrected chi connectivity index (χ2v) is 15.6. The summed E-state index contributed by atoms with van der Waals surface area (Å²) in [6.45, 7) is 4.46. The van der Waals surface area contributed by atoms with Crippen molar-refractivity contribution in [3.8, 4) is 0 Å². The number of carbonyl (C=O) groups excluding carboxylic acids is 4. The van der Waals surface area contributed by atoms with Crippen molar-refractivity contribution in [2.75, 3.05) is 12.4 Å².